The molecule has 0 bridgehead atoms. The standard InChI is InChI=1S/C15H12F3N5/c16-15(17,18)10-3-1-2-9(8-10)14-21-20-13-7-6-12(22-23(13)14)19-11-4-5-11/h1-3,6-8,11H,4-5H2,(H,19,22). The number of alkyl halides is 3. The predicted molar refractivity (Wildman–Crippen MR) is 77.9 cm³/mol. The van der Waals surface area contributed by atoms with E-state index in [1.54, 1.807) is 18.2 Å². The van der Waals surface area contributed by atoms with E-state index < -0.39 is 11.7 Å². The van der Waals surface area contributed by atoms with Crippen molar-refractivity contribution in [2.45, 2.75) is 25.1 Å². The highest BCUT2D eigenvalue weighted by molar-refractivity contribution is 5.60. The SMILES string of the molecule is FC(F)(F)c1cccc(-c2nnc3ccc(NC4CC4)nn23)c1. The molecule has 5 nitrogen and oxygen atoms in total. The van der Waals surface area contributed by atoms with Crippen molar-refractivity contribution in [1.82, 2.24) is 19.8 Å². The number of benzene rings is 1. The molecule has 0 saturated heterocycles. The van der Waals surface area contributed by atoms with Crippen molar-refractivity contribution in [3.63, 3.8) is 0 Å². The van der Waals surface area contributed by atoms with Crippen LogP contribution in [0.4, 0.5) is 19.0 Å². The Balaban J connectivity index is 1.78. The third-order valence-electron chi connectivity index (χ3n) is 3.64. The maximum Gasteiger partial charge on any atom is 0.416 e. The van der Waals surface area contributed by atoms with Crippen molar-refractivity contribution >= 4 is 11.5 Å². The second kappa shape index (κ2) is 4.94. The average molecular weight is 319 g/mol. The van der Waals surface area contributed by atoms with Crippen molar-refractivity contribution in [3.05, 3.63) is 42.0 Å². The highest BCUT2D eigenvalue weighted by Gasteiger charge is 2.31. The number of hydrogen-bond donors (Lipinski definition) is 1. The van der Waals surface area contributed by atoms with Crippen molar-refractivity contribution in [2.75, 3.05) is 5.32 Å². The zero-order valence-electron chi connectivity index (χ0n) is 11.9. The van der Waals surface area contributed by atoms with Crippen LogP contribution in [0, 0.1) is 0 Å². The maximum atomic E-state index is 12.9. The van der Waals surface area contributed by atoms with Gasteiger partial charge in [0.1, 0.15) is 5.82 Å². The van der Waals surface area contributed by atoms with Crippen molar-refractivity contribution in [1.29, 1.82) is 0 Å². The van der Waals surface area contributed by atoms with E-state index in [4.69, 9.17) is 0 Å². The highest BCUT2D eigenvalue weighted by atomic mass is 19.4. The molecule has 0 amide bonds. The summed E-state index contributed by atoms with van der Waals surface area (Å²) in [6.07, 6.45) is -2.20. The van der Waals surface area contributed by atoms with Crippen LogP contribution in [0.25, 0.3) is 17.0 Å². The van der Waals surface area contributed by atoms with Gasteiger partial charge in [0.25, 0.3) is 0 Å². The first-order valence-electron chi connectivity index (χ1n) is 7.17. The molecule has 1 aliphatic carbocycles. The van der Waals surface area contributed by atoms with Gasteiger partial charge in [-0.3, -0.25) is 0 Å². The monoisotopic (exact) mass is 319 g/mol. The Kier molecular flexibility index (Phi) is 3.00. The van der Waals surface area contributed by atoms with Gasteiger partial charge >= 0.3 is 6.18 Å². The number of halogens is 3. The molecule has 2 aromatic heterocycles. The average Bonchev–Trinajstić information content (AvgIpc) is 3.23. The summed E-state index contributed by atoms with van der Waals surface area (Å²) in [6.45, 7) is 0. The van der Waals surface area contributed by atoms with Gasteiger partial charge in [0.05, 0.1) is 5.56 Å². The Morgan fingerprint density at radius 1 is 1.09 bits per heavy atom. The van der Waals surface area contributed by atoms with E-state index in [0.29, 0.717) is 23.1 Å². The molecule has 0 spiro atoms. The summed E-state index contributed by atoms with van der Waals surface area (Å²) in [5, 5.41) is 15.6. The quantitative estimate of drug-likeness (QED) is 0.804. The smallest absolute Gasteiger partial charge is 0.366 e. The van der Waals surface area contributed by atoms with Gasteiger partial charge in [-0.1, -0.05) is 12.1 Å². The molecular weight excluding hydrogens is 307 g/mol. The summed E-state index contributed by atoms with van der Waals surface area (Å²) in [6, 6.07) is 8.95. The summed E-state index contributed by atoms with van der Waals surface area (Å²) >= 11 is 0. The normalized spacial score (nSPS) is 15.1. The van der Waals surface area contributed by atoms with E-state index in [0.717, 1.165) is 25.0 Å². The Labute approximate surface area is 129 Å². The van der Waals surface area contributed by atoms with Gasteiger partial charge in [-0.05, 0) is 37.1 Å². The Morgan fingerprint density at radius 3 is 2.65 bits per heavy atom. The molecule has 3 aromatic rings. The van der Waals surface area contributed by atoms with Crippen molar-refractivity contribution in [2.24, 2.45) is 0 Å². The van der Waals surface area contributed by atoms with Gasteiger partial charge < -0.3 is 5.32 Å². The van der Waals surface area contributed by atoms with Crippen LogP contribution in [-0.2, 0) is 6.18 Å². The molecule has 1 fully saturated rings. The van der Waals surface area contributed by atoms with E-state index in [1.165, 1.54) is 10.6 Å². The van der Waals surface area contributed by atoms with Gasteiger partial charge in [0.2, 0.25) is 0 Å². The molecule has 23 heavy (non-hydrogen) atoms. The minimum Gasteiger partial charge on any atom is -0.366 e. The first-order chi connectivity index (χ1) is 11.0. The fraction of sp³-hybridized carbons (Fsp3) is 0.267. The third-order valence-corrected chi connectivity index (χ3v) is 3.64. The number of rotatable bonds is 3. The molecule has 0 atom stereocenters. The minimum atomic E-state index is -4.40. The lowest BCUT2D eigenvalue weighted by Crippen LogP contribution is -2.07. The largest absolute Gasteiger partial charge is 0.416 e. The molecule has 2 heterocycles. The predicted octanol–water partition coefficient (Wildman–Crippen LogP) is 3.38. The number of anilines is 1. The van der Waals surface area contributed by atoms with Crippen molar-refractivity contribution in [3.8, 4) is 11.4 Å². The van der Waals surface area contributed by atoms with Crippen LogP contribution < -0.4 is 5.32 Å². The van der Waals surface area contributed by atoms with E-state index >= 15 is 0 Å². The number of fused-ring (bicyclic) bond motifs is 1. The van der Waals surface area contributed by atoms with Crippen LogP contribution in [0.1, 0.15) is 18.4 Å². The molecule has 4 rings (SSSR count). The van der Waals surface area contributed by atoms with E-state index in [9.17, 15) is 13.2 Å². The van der Waals surface area contributed by atoms with Gasteiger partial charge in [-0.15, -0.1) is 15.3 Å². The number of nitrogens with one attached hydrogen (secondary N) is 1. The Hall–Kier alpha value is -2.64. The van der Waals surface area contributed by atoms with Crippen LogP contribution >= 0.6 is 0 Å². The summed E-state index contributed by atoms with van der Waals surface area (Å²) in [5.74, 6) is 0.943. The molecule has 1 aliphatic rings. The van der Waals surface area contributed by atoms with Gasteiger partial charge in [0.15, 0.2) is 11.5 Å². The van der Waals surface area contributed by atoms with Gasteiger partial charge in [0, 0.05) is 11.6 Å². The second-order valence-corrected chi connectivity index (χ2v) is 5.51. The van der Waals surface area contributed by atoms with Gasteiger partial charge in [-0.2, -0.15) is 17.7 Å². The van der Waals surface area contributed by atoms with Crippen molar-refractivity contribution < 1.29 is 13.2 Å². The summed E-state index contributed by atoms with van der Waals surface area (Å²) < 4.78 is 40.1. The Morgan fingerprint density at radius 2 is 1.91 bits per heavy atom. The fourth-order valence-corrected chi connectivity index (χ4v) is 2.32. The maximum absolute atomic E-state index is 12.9. The number of nitrogens with zero attached hydrogens (tertiary/aromatic N) is 4. The molecule has 8 heteroatoms. The molecule has 0 unspecified atom stereocenters. The highest BCUT2D eigenvalue weighted by Crippen LogP contribution is 2.32. The van der Waals surface area contributed by atoms with Crippen LogP contribution in [0.2, 0.25) is 0 Å². The van der Waals surface area contributed by atoms with Gasteiger partial charge in [-0.25, -0.2) is 0 Å². The number of hydrogen-bond acceptors (Lipinski definition) is 4. The Bertz CT molecular complexity index is 867. The van der Waals surface area contributed by atoms with E-state index in [1.807, 2.05) is 0 Å². The summed E-state index contributed by atoms with van der Waals surface area (Å²) in [4.78, 5) is 0. The van der Waals surface area contributed by atoms with Crippen LogP contribution in [0.5, 0.6) is 0 Å². The van der Waals surface area contributed by atoms with Crippen LogP contribution in [-0.4, -0.2) is 25.9 Å². The van der Waals surface area contributed by atoms with E-state index in [2.05, 4.69) is 20.6 Å². The zero-order valence-corrected chi connectivity index (χ0v) is 11.9. The first-order valence-corrected chi connectivity index (χ1v) is 7.17. The molecule has 118 valence electrons. The molecule has 0 radical (unpaired) electrons. The minimum absolute atomic E-state index is 0.283. The molecule has 1 N–H and O–H groups in total. The topological polar surface area (TPSA) is 55.1 Å². The lowest BCUT2D eigenvalue weighted by atomic mass is 10.1. The molecule has 1 aromatic carbocycles. The number of aromatic nitrogens is 4. The van der Waals surface area contributed by atoms with E-state index in [-0.39, 0.29) is 5.82 Å². The lowest BCUT2D eigenvalue weighted by molar-refractivity contribution is -0.137. The second-order valence-electron chi connectivity index (χ2n) is 5.51. The zero-order chi connectivity index (χ0) is 16.0. The summed E-state index contributed by atoms with van der Waals surface area (Å²) in [7, 11) is 0. The van der Waals surface area contributed by atoms with Crippen LogP contribution in [0.15, 0.2) is 36.4 Å². The summed E-state index contributed by atoms with van der Waals surface area (Å²) in [5.41, 5.74) is 0.0844. The molecular formula is C15H12F3N5. The molecule has 1 saturated carbocycles. The lowest BCUT2D eigenvalue weighted by Gasteiger charge is -2.08. The third kappa shape index (κ3) is 2.71. The first kappa shape index (κ1) is 14.0. The fourth-order valence-electron chi connectivity index (χ4n) is 2.32. The van der Waals surface area contributed by atoms with Crippen LogP contribution in [0.3, 0.4) is 0 Å². The molecule has 0 aliphatic heterocycles.